The van der Waals surface area contributed by atoms with Gasteiger partial charge >= 0.3 is 0 Å². The molecule has 6 heteroatoms. The molecule has 5 nitrogen and oxygen atoms in total. The summed E-state index contributed by atoms with van der Waals surface area (Å²) in [6.45, 7) is 1.86. The summed E-state index contributed by atoms with van der Waals surface area (Å²) in [4.78, 5) is 14.1. The Balaban J connectivity index is 1.95. The standard InChI is InChI=1S/C13H15BrN2O3/c1-18-11-6-8(14)2-3-9(11)12-15-13(17)10-7-19-5-4-16(10)12/h2-3,6,10,12H,4-5,7H2,1H3,(H,15,17)/t10-,12+/m0/s1. The van der Waals surface area contributed by atoms with Gasteiger partial charge in [-0.15, -0.1) is 0 Å². The van der Waals surface area contributed by atoms with Crippen LogP contribution in [0.4, 0.5) is 0 Å². The number of methoxy groups -OCH3 is 1. The molecule has 0 spiro atoms. The van der Waals surface area contributed by atoms with Gasteiger partial charge in [0, 0.05) is 16.6 Å². The van der Waals surface area contributed by atoms with Gasteiger partial charge in [0.25, 0.3) is 0 Å². The lowest BCUT2D eigenvalue weighted by atomic mass is 10.1. The summed E-state index contributed by atoms with van der Waals surface area (Å²) >= 11 is 3.43. The highest BCUT2D eigenvalue weighted by Gasteiger charge is 2.43. The molecule has 2 saturated heterocycles. The Hall–Kier alpha value is -1.11. The maximum atomic E-state index is 12.0. The molecule has 2 heterocycles. The Labute approximate surface area is 120 Å². The fourth-order valence-electron chi connectivity index (χ4n) is 2.63. The molecule has 0 saturated carbocycles. The van der Waals surface area contributed by atoms with E-state index >= 15 is 0 Å². The highest BCUT2D eigenvalue weighted by atomic mass is 79.9. The van der Waals surface area contributed by atoms with Gasteiger partial charge in [-0.3, -0.25) is 9.69 Å². The Kier molecular flexibility index (Phi) is 3.47. The van der Waals surface area contributed by atoms with E-state index in [1.54, 1.807) is 7.11 Å². The fourth-order valence-corrected chi connectivity index (χ4v) is 2.97. The van der Waals surface area contributed by atoms with Gasteiger partial charge in [0.1, 0.15) is 18.0 Å². The van der Waals surface area contributed by atoms with E-state index in [0.717, 1.165) is 22.3 Å². The molecule has 1 N–H and O–H groups in total. The number of amides is 1. The van der Waals surface area contributed by atoms with Crippen molar-refractivity contribution < 1.29 is 14.3 Å². The number of nitrogens with one attached hydrogen (secondary N) is 1. The summed E-state index contributed by atoms with van der Waals surface area (Å²) in [6, 6.07) is 5.66. The number of carbonyl (C=O) groups is 1. The van der Waals surface area contributed by atoms with Crippen molar-refractivity contribution in [1.82, 2.24) is 10.2 Å². The van der Waals surface area contributed by atoms with Crippen LogP contribution >= 0.6 is 15.9 Å². The molecule has 0 aromatic heterocycles. The van der Waals surface area contributed by atoms with Gasteiger partial charge < -0.3 is 14.8 Å². The molecule has 102 valence electrons. The monoisotopic (exact) mass is 326 g/mol. The lowest BCUT2D eigenvalue weighted by molar-refractivity contribution is -0.125. The molecule has 0 bridgehead atoms. The van der Waals surface area contributed by atoms with Gasteiger partial charge in [-0.25, -0.2) is 0 Å². The molecule has 19 heavy (non-hydrogen) atoms. The number of rotatable bonds is 2. The van der Waals surface area contributed by atoms with Crippen LogP contribution in [0.1, 0.15) is 11.7 Å². The Morgan fingerprint density at radius 2 is 2.37 bits per heavy atom. The molecule has 2 aliphatic heterocycles. The van der Waals surface area contributed by atoms with Crippen molar-refractivity contribution in [2.24, 2.45) is 0 Å². The van der Waals surface area contributed by atoms with Crippen molar-refractivity contribution in [3.05, 3.63) is 28.2 Å². The lowest BCUT2D eigenvalue weighted by Crippen LogP contribution is -2.44. The predicted octanol–water partition coefficient (Wildman–Crippen LogP) is 1.29. The number of carbonyl (C=O) groups excluding carboxylic acids is 1. The van der Waals surface area contributed by atoms with Gasteiger partial charge in [-0.1, -0.05) is 22.0 Å². The van der Waals surface area contributed by atoms with Crippen molar-refractivity contribution in [2.45, 2.75) is 12.2 Å². The summed E-state index contributed by atoms with van der Waals surface area (Å²) < 4.78 is 11.7. The first-order valence-electron chi connectivity index (χ1n) is 6.18. The van der Waals surface area contributed by atoms with Gasteiger partial charge in [-0.2, -0.15) is 0 Å². The van der Waals surface area contributed by atoms with Gasteiger partial charge in [0.15, 0.2) is 0 Å². The quantitative estimate of drug-likeness (QED) is 0.889. The minimum atomic E-state index is -0.188. The third-order valence-electron chi connectivity index (χ3n) is 3.57. The number of hydrogen-bond donors (Lipinski definition) is 1. The summed E-state index contributed by atoms with van der Waals surface area (Å²) in [5, 5.41) is 3.02. The second-order valence-electron chi connectivity index (χ2n) is 4.63. The molecule has 2 fully saturated rings. The van der Waals surface area contributed by atoms with Crippen LogP contribution in [-0.4, -0.2) is 43.7 Å². The Morgan fingerprint density at radius 1 is 1.53 bits per heavy atom. The minimum absolute atomic E-state index is 0.0228. The molecular formula is C13H15BrN2O3. The molecule has 2 atom stereocenters. The number of ether oxygens (including phenoxy) is 2. The number of nitrogens with zero attached hydrogens (tertiary/aromatic N) is 1. The topological polar surface area (TPSA) is 50.8 Å². The van der Waals surface area contributed by atoms with Gasteiger partial charge in [0.05, 0.1) is 20.3 Å². The zero-order chi connectivity index (χ0) is 13.4. The maximum absolute atomic E-state index is 12.0. The third kappa shape index (κ3) is 2.24. The third-order valence-corrected chi connectivity index (χ3v) is 4.07. The van der Waals surface area contributed by atoms with Crippen LogP contribution < -0.4 is 10.1 Å². The summed E-state index contributed by atoms with van der Waals surface area (Å²) in [5.74, 6) is 0.793. The first-order valence-corrected chi connectivity index (χ1v) is 6.97. The molecule has 1 amide bonds. The van der Waals surface area contributed by atoms with E-state index in [9.17, 15) is 4.79 Å². The van der Waals surface area contributed by atoms with Crippen LogP contribution in [0.2, 0.25) is 0 Å². The number of benzene rings is 1. The Morgan fingerprint density at radius 3 is 3.16 bits per heavy atom. The minimum Gasteiger partial charge on any atom is -0.496 e. The first kappa shape index (κ1) is 12.9. The second kappa shape index (κ2) is 5.11. The molecule has 0 radical (unpaired) electrons. The molecular weight excluding hydrogens is 312 g/mol. The van der Waals surface area contributed by atoms with E-state index in [0.29, 0.717) is 13.2 Å². The molecule has 2 aliphatic rings. The zero-order valence-corrected chi connectivity index (χ0v) is 12.1. The van der Waals surface area contributed by atoms with Crippen LogP contribution in [0.25, 0.3) is 0 Å². The molecule has 3 rings (SSSR count). The SMILES string of the molecule is COc1cc(Br)ccc1[C@@H]1NC(=O)[C@@H]2COCCN21. The van der Waals surface area contributed by atoms with Gasteiger partial charge in [-0.05, 0) is 12.1 Å². The van der Waals surface area contributed by atoms with Crippen LogP contribution in [0.5, 0.6) is 5.75 Å². The maximum Gasteiger partial charge on any atom is 0.241 e. The normalized spacial score (nSPS) is 26.9. The smallest absolute Gasteiger partial charge is 0.241 e. The van der Waals surface area contributed by atoms with Crippen molar-refractivity contribution in [2.75, 3.05) is 26.9 Å². The van der Waals surface area contributed by atoms with E-state index in [2.05, 4.69) is 26.1 Å². The lowest BCUT2D eigenvalue weighted by Gasteiger charge is -2.31. The van der Waals surface area contributed by atoms with E-state index in [1.165, 1.54) is 0 Å². The van der Waals surface area contributed by atoms with Crippen molar-refractivity contribution in [1.29, 1.82) is 0 Å². The van der Waals surface area contributed by atoms with E-state index in [-0.39, 0.29) is 18.1 Å². The highest BCUT2D eigenvalue weighted by molar-refractivity contribution is 9.10. The van der Waals surface area contributed by atoms with E-state index in [4.69, 9.17) is 9.47 Å². The van der Waals surface area contributed by atoms with E-state index < -0.39 is 0 Å². The number of fused-ring (bicyclic) bond motifs is 1. The van der Waals surface area contributed by atoms with Crippen molar-refractivity contribution >= 4 is 21.8 Å². The predicted molar refractivity (Wildman–Crippen MR) is 72.9 cm³/mol. The van der Waals surface area contributed by atoms with Crippen LogP contribution in [-0.2, 0) is 9.53 Å². The Bertz CT molecular complexity index is 509. The first-order chi connectivity index (χ1) is 9.20. The zero-order valence-electron chi connectivity index (χ0n) is 10.6. The van der Waals surface area contributed by atoms with Crippen molar-refractivity contribution in [3.63, 3.8) is 0 Å². The number of morpholine rings is 1. The fraction of sp³-hybridized carbons (Fsp3) is 0.462. The second-order valence-corrected chi connectivity index (χ2v) is 5.54. The van der Waals surface area contributed by atoms with E-state index in [1.807, 2.05) is 18.2 Å². The highest BCUT2D eigenvalue weighted by Crippen LogP contribution is 2.35. The van der Waals surface area contributed by atoms with Crippen LogP contribution in [0.15, 0.2) is 22.7 Å². The number of hydrogen-bond acceptors (Lipinski definition) is 4. The van der Waals surface area contributed by atoms with Gasteiger partial charge in [0.2, 0.25) is 5.91 Å². The van der Waals surface area contributed by atoms with Crippen molar-refractivity contribution in [3.8, 4) is 5.75 Å². The summed E-state index contributed by atoms with van der Waals surface area (Å²) in [7, 11) is 1.64. The molecule has 0 aliphatic carbocycles. The number of halogens is 1. The largest absolute Gasteiger partial charge is 0.496 e. The molecule has 1 aromatic rings. The van der Waals surface area contributed by atoms with Crippen LogP contribution in [0.3, 0.4) is 0 Å². The summed E-state index contributed by atoms with van der Waals surface area (Å²) in [6.07, 6.45) is -0.135. The summed E-state index contributed by atoms with van der Waals surface area (Å²) in [5.41, 5.74) is 0.975. The van der Waals surface area contributed by atoms with Crippen LogP contribution in [0, 0.1) is 0 Å². The molecule has 0 unspecified atom stereocenters. The average molecular weight is 327 g/mol. The molecule has 1 aromatic carbocycles. The average Bonchev–Trinajstić information content (AvgIpc) is 2.76.